The van der Waals surface area contributed by atoms with Gasteiger partial charge in [-0.1, -0.05) is 54.2 Å². The molecule has 0 bridgehead atoms. The zero-order valence-electron chi connectivity index (χ0n) is 19.6. The molecule has 0 radical (unpaired) electrons. The Morgan fingerprint density at radius 2 is 1.68 bits per heavy atom. The third-order valence-corrected chi connectivity index (χ3v) is 6.99. The largest absolute Gasteiger partial charge is 0.306 e. The third-order valence-electron chi connectivity index (χ3n) is 5.93. The van der Waals surface area contributed by atoms with Crippen LogP contribution in [0.5, 0.6) is 0 Å². The summed E-state index contributed by atoms with van der Waals surface area (Å²) in [6.07, 6.45) is 7.37. The number of nitrogens with zero attached hydrogens (tertiary/aromatic N) is 3. The summed E-state index contributed by atoms with van der Waals surface area (Å²) in [4.78, 5) is 23.9. The molecule has 0 atom stereocenters. The highest BCUT2D eigenvalue weighted by Crippen LogP contribution is 2.33. The molecule has 37 heavy (non-hydrogen) atoms. The van der Waals surface area contributed by atoms with Crippen molar-refractivity contribution in [3.05, 3.63) is 120 Å². The standard InChI is InChI=1S/C30H21N5OS/c36-30(33-29-23-9-2-1-7-20(23)16-18-32-29)25-10-3-4-11-28(25)37-22-13-14-24-26(34-35-27(24)19-22)15-12-21-8-5-6-17-31-21/h1-19H,(H,34,35)(H,32,33,36)/b15-12+. The fourth-order valence-electron chi connectivity index (χ4n) is 4.11. The van der Waals surface area contributed by atoms with Gasteiger partial charge in [0.2, 0.25) is 0 Å². The van der Waals surface area contributed by atoms with Gasteiger partial charge in [-0.3, -0.25) is 14.9 Å². The fraction of sp³-hybridized carbons (Fsp3) is 0. The molecule has 0 fully saturated rings. The minimum absolute atomic E-state index is 0.198. The molecule has 2 N–H and O–H groups in total. The zero-order chi connectivity index (χ0) is 25.0. The SMILES string of the molecule is O=C(Nc1nccc2ccccc12)c1ccccc1Sc1ccc2c(/C=C/c3ccccn3)n[nH]c2c1. The first-order valence-corrected chi connectivity index (χ1v) is 12.6. The number of pyridine rings is 2. The van der Waals surface area contributed by atoms with E-state index in [1.165, 1.54) is 11.8 Å². The van der Waals surface area contributed by atoms with Crippen molar-refractivity contribution in [1.29, 1.82) is 0 Å². The average molecular weight is 500 g/mol. The topological polar surface area (TPSA) is 83.6 Å². The Balaban J connectivity index is 1.24. The van der Waals surface area contributed by atoms with Crippen LogP contribution < -0.4 is 5.32 Å². The number of aromatic amines is 1. The van der Waals surface area contributed by atoms with E-state index in [4.69, 9.17) is 0 Å². The summed E-state index contributed by atoms with van der Waals surface area (Å²) in [6, 6.07) is 29.3. The lowest BCUT2D eigenvalue weighted by Gasteiger charge is -2.11. The first kappa shape index (κ1) is 22.7. The predicted molar refractivity (Wildman–Crippen MR) is 150 cm³/mol. The number of carbonyl (C=O) groups excluding carboxylic acids is 1. The van der Waals surface area contributed by atoms with E-state index >= 15 is 0 Å². The Hall–Kier alpha value is -4.75. The Labute approximate surface area is 217 Å². The molecule has 6 aromatic rings. The van der Waals surface area contributed by atoms with E-state index in [0.717, 1.165) is 42.9 Å². The Morgan fingerprint density at radius 3 is 2.59 bits per heavy atom. The van der Waals surface area contributed by atoms with E-state index in [2.05, 4.69) is 25.5 Å². The van der Waals surface area contributed by atoms with Crippen LogP contribution in [0.4, 0.5) is 5.82 Å². The van der Waals surface area contributed by atoms with Gasteiger partial charge >= 0.3 is 0 Å². The lowest BCUT2D eigenvalue weighted by Crippen LogP contribution is -2.14. The van der Waals surface area contributed by atoms with E-state index in [9.17, 15) is 4.79 Å². The van der Waals surface area contributed by atoms with E-state index in [-0.39, 0.29) is 5.91 Å². The summed E-state index contributed by atoms with van der Waals surface area (Å²) in [7, 11) is 0. The summed E-state index contributed by atoms with van der Waals surface area (Å²) in [6.45, 7) is 0. The van der Waals surface area contributed by atoms with Gasteiger partial charge in [-0.25, -0.2) is 4.98 Å². The van der Waals surface area contributed by atoms with E-state index < -0.39 is 0 Å². The fourth-order valence-corrected chi connectivity index (χ4v) is 5.10. The molecule has 0 aliphatic heterocycles. The van der Waals surface area contributed by atoms with E-state index in [0.29, 0.717) is 11.4 Å². The first-order valence-electron chi connectivity index (χ1n) is 11.7. The van der Waals surface area contributed by atoms with Crippen molar-refractivity contribution >= 4 is 57.3 Å². The van der Waals surface area contributed by atoms with Crippen LogP contribution in [0.15, 0.2) is 113 Å². The molecule has 0 saturated carbocycles. The maximum Gasteiger partial charge on any atom is 0.257 e. The Kier molecular flexibility index (Phi) is 6.19. The van der Waals surface area contributed by atoms with Crippen LogP contribution in [0, 0.1) is 0 Å². The highest BCUT2D eigenvalue weighted by Gasteiger charge is 2.15. The Bertz CT molecular complexity index is 1760. The van der Waals surface area contributed by atoms with Crippen molar-refractivity contribution in [2.45, 2.75) is 9.79 Å². The number of hydrogen-bond donors (Lipinski definition) is 2. The van der Waals surface area contributed by atoms with Crippen LogP contribution in [-0.2, 0) is 0 Å². The summed E-state index contributed by atoms with van der Waals surface area (Å²) < 4.78 is 0. The first-order chi connectivity index (χ1) is 18.2. The molecule has 3 heterocycles. The van der Waals surface area contributed by atoms with E-state index in [1.807, 2.05) is 103 Å². The van der Waals surface area contributed by atoms with Crippen LogP contribution >= 0.6 is 11.8 Å². The van der Waals surface area contributed by atoms with Gasteiger partial charge in [0.15, 0.2) is 0 Å². The smallest absolute Gasteiger partial charge is 0.257 e. The Morgan fingerprint density at radius 1 is 0.811 bits per heavy atom. The van der Waals surface area contributed by atoms with Gasteiger partial charge in [-0.05, 0) is 66.1 Å². The number of nitrogens with one attached hydrogen (secondary N) is 2. The van der Waals surface area contributed by atoms with Crippen LogP contribution in [0.25, 0.3) is 33.8 Å². The molecule has 1 amide bonds. The number of carbonyl (C=O) groups is 1. The molecular formula is C30H21N5OS. The number of benzene rings is 3. The minimum atomic E-state index is -0.198. The van der Waals surface area contributed by atoms with Gasteiger partial charge in [0.25, 0.3) is 5.91 Å². The van der Waals surface area contributed by atoms with Gasteiger partial charge in [-0.15, -0.1) is 0 Å². The van der Waals surface area contributed by atoms with Crippen molar-refractivity contribution in [2.24, 2.45) is 0 Å². The van der Waals surface area contributed by atoms with Crippen molar-refractivity contribution in [2.75, 3.05) is 5.32 Å². The summed E-state index contributed by atoms with van der Waals surface area (Å²) >= 11 is 1.53. The predicted octanol–water partition coefficient (Wildman–Crippen LogP) is 7.08. The number of amides is 1. The molecule has 0 spiro atoms. The van der Waals surface area contributed by atoms with Gasteiger partial charge in [0, 0.05) is 33.0 Å². The molecule has 7 heteroatoms. The quantitative estimate of drug-likeness (QED) is 0.256. The average Bonchev–Trinajstić information content (AvgIpc) is 3.35. The second-order valence-electron chi connectivity index (χ2n) is 8.34. The molecule has 3 aromatic carbocycles. The van der Waals surface area contributed by atoms with Crippen LogP contribution in [0.3, 0.4) is 0 Å². The number of rotatable bonds is 6. The number of aromatic nitrogens is 4. The normalized spacial score (nSPS) is 11.4. The van der Waals surface area contributed by atoms with Crippen LogP contribution in [-0.4, -0.2) is 26.1 Å². The lowest BCUT2D eigenvalue weighted by molar-refractivity contribution is 0.102. The number of hydrogen-bond acceptors (Lipinski definition) is 5. The molecule has 0 saturated heterocycles. The van der Waals surface area contributed by atoms with Gasteiger partial charge in [-0.2, -0.15) is 5.10 Å². The van der Waals surface area contributed by atoms with Crippen molar-refractivity contribution in [3.8, 4) is 0 Å². The minimum Gasteiger partial charge on any atom is -0.306 e. The summed E-state index contributed by atoms with van der Waals surface area (Å²) in [5.41, 5.74) is 3.23. The van der Waals surface area contributed by atoms with Crippen LogP contribution in [0.2, 0.25) is 0 Å². The molecule has 0 unspecified atom stereocenters. The molecule has 178 valence electrons. The maximum absolute atomic E-state index is 13.3. The molecule has 3 aromatic heterocycles. The highest BCUT2D eigenvalue weighted by molar-refractivity contribution is 7.99. The molecule has 0 aliphatic rings. The van der Waals surface area contributed by atoms with Gasteiger partial charge < -0.3 is 5.32 Å². The van der Waals surface area contributed by atoms with Crippen molar-refractivity contribution < 1.29 is 4.79 Å². The summed E-state index contributed by atoms with van der Waals surface area (Å²) in [5, 5.41) is 13.5. The highest BCUT2D eigenvalue weighted by atomic mass is 32.2. The van der Waals surface area contributed by atoms with Gasteiger partial charge in [0.05, 0.1) is 22.5 Å². The number of H-pyrrole nitrogens is 1. The molecule has 6 nitrogen and oxygen atoms in total. The zero-order valence-corrected chi connectivity index (χ0v) is 20.4. The van der Waals surface area contributed by atoms with Gasteiger partial charge in [0.1, 0.15) is 5.82 Å². The van der Waals surface area contributed by atoms with E-state index in [1.54, 1.807) is 12.4 Å². The number of anilines is 1. The summed E-state index contributed by atoms with van der Waals surface area (Å²) in [5.74, 6) is 0.351. The lowest BCUT2D eigenvalue weighted by atomic mass is 10.1. The third kappa shape index (κ3) is 4.85. The molecular weight excluding hydrogens is 478 g/mol. The monoisotopic (exact) mass is 499 g/mol. The second-order valence-corrected chi connectivity index (χ2v) is 9.45. The molecule has 0 aliphatic carbocycles. The molecule has 6 rings (SSSR count). The number of fused-ring (bicyclic) bond motifs is 2. The van der Waals surface area contributed by atoms with Crippen LogP contribution in [0.1, 0.15) is 21.7 Å². The van der Waals surface area contributed by atoms with Crippen molar-refractivity contribution in [3.63, 3.8) is 0 Å². The maximum atomic E-state index is 13.3. The second kappa shape index (κ2) is 10.1. The van der Waals surface area contributed by atoms with Crippen molar-refractivity contribution in [1.82, 2.24) is 20.2 Å².